The molecule has 94 valence electrons. The lowest BCUT2D eigenvalue weighted by atomic mass is 10.1. The molecule has 1 aromatic heterocycles. The van der Waals surface area contributed by atoms with E-state index in [-0.39, 0.29) is 0 Å². The number of rotatable bonds is 6. The van der Waals surface area contributed by atoms with E-state index >= 15 is 0 Å². The van der Waals surface area contributed by atoms with E-state index in [0.29, 0.717) is 23.5 Å². The van der Waals surface area contributed by atoms with Crippen LogP contribution in [0.25, 0.3) is 0 Å². The summed E-state index contributed by atoms with van der Waals surface area (Å²) in [6.45, 7) is 1.87. The number of hydrogen-bond donors (Lipinski definition) is 2. The van der Waals surface area contributed by atoms with Crippen LogP contribution in [0.4, 0.5) is 0 Å². The third-order valence-corrected chi connectivity index (χ3v) is 3.13. The Morgan fingerprint density at radius 2 is 2.29 bits per heavy atom. The molecular formula is C11H15NO4S. The number of methoxy groups -OCH3 is 1. The van der Waals surface area contributed by atoms with Gasteiger partial charge in [-0.25, -0.2) is 4.79 Å². The first-order valence-corrected chi connectivity index (χ1v) is 6.13. The largest absolute Gasteiger partial charge is 0.495 e. The summed E-state index contributed by atoms with van der Waals surface area (Å²) in [7, 11) is 1.47. The fourth-order valence-corrected chi connectivity index (χ4v) is 2.15. The molecule has 1 amide bonds. The molecule has 1 heterocycles. The van der Waals surface area contributed by atoms with Gasteiger partial charge in [-0.05, 0) is 17.9 Å². The van der Waals surface area contributed by atoms with E-state index in [1.165, 1.54) is 18.4 Å². The quantitative estimate of drug-likeness (QED) is 0.814. The summed E-state index contributed by atoms with van der Waals surface area (Å²) >= 11 is 1.22. The van der Waals surface area contributed by atoms with E-state index in [1.807, 2.05) is 6.92 Å². The minimum atomic E-state index is -1.02. The van der Waals surface area contributed by atoms with Gasteiger partial charge in [0.15, 0.2) is 0 Å². The molecule has 0 bridgehead atoms. The third kappa shape index (κ3) is 3.45. The average Bonchev–Trinajstić information content (AvgIpc) is 2.76. The molecule has 0 saturated heterocycles. The Balaban J connectivity index is 2.73. The van der Waals surface area contributed by atoms with Crippen molar-refractivity contribution in [3.63, 3.8) is 0 Å². The third-order valence-electron chi connectivity index (χ3n) is 2.24. The number of carboxylic acids is 1. The van der Waals surface area contributed by atoms with Crippen LogP contribution in [0, 0.1) is 0 Å². The van der Waals surface area contributed by atoms with Crippen LogP contribution in [0.3, 0.4) is 0 Å². The number of amides is 1. The number of carbonyl (C=O) groups excluding carboxylic acids is 1. The molecule has 1 aromatic rings. The molecular weight excluding hydrogens is 242 g/mol. The van der Waals surface area contributed by atoms with Crippen LogP contribution in [0.15, 0.2) is 11.4 Å². The minimum Gasteiger partial charge on any atom is -0.495 e. The zero-order valence-electron chi connectivity index (χ0n) is 9.73. The summed E-state index contributed by atoms with van der Waals surface area (Å²) in [6, 6.07) is 0.828. The first-order chi connectivity index (χ1) is 8.10. The maximum atomic E-state index is 11.8. The molecule has 0 spiro atoms. The van der Waals surface area contributed by atoms with Gasteiger partial charge in [-0.3, -0.25) is 4.79 Å². The Bertz CT molecular complexity index is 402. The van der Waals surface area contributed by atoms with E-state index in [0.717, 1.165) is 0 Å². The van der Waals surface area contributed by atoms with Gasteiger partial charge in [-0.2, -0.15) is 0 Å². The number of thiophene rings is 1. The SMILES string of the molecule is CCC[C@H](NC(=O)c1sccc1OC)C(=O)O. The average molecular weight is 257 g/mol. The highest BCUT2D eigenvalue weighted by Gasteiger charge is 2.22. The lowest BCUT2D eigenvalue weighted by Gasteiger charge is -2.13. The van der Waals surface area contributed by atoms with Crippen LogP contribution in [0.1, 0.15) is 29.4 Å². The zero-order valence-corrected chi connectivity index (χ0v) is 10.5. The van der Waals surface area contributed by atoms with Crippen LogP contribution in [0.5, 0.6) is 5.75 Å². The second-order valence-electron chi connectivity index (χ2n) is 3.47. The van der Waals surface area contributed by atoms with Gasteiger partial charge in [0.25, 0.3) is 5.91 Å². The highest BCUT2D eigenvalue weighted by Crippen LogP contribution is 2.24. The van der Waals surface area contributed by atoms with Crippen molar-refractivity contribution in [3.8, 4) is 5.75 Å². The van der Waals surface area contributed by atoms with Gasteiger partial charge in [0.2, 0.25) is 0 Å². The first kappa shape index (κ1) is 13.5. The number of aliphatic carboxylic acids is 1. The van der Waals surface area contributed by atoms with Crippen molar-refractivity contribution in [1.29, 1.82) is 0 Å². The molecule has 17 heavy (non-hydrogen) atoms. The van der Waals surface area contributed by atoms with Gasteiger partial charge in [0.05, 0.1) is 7.11 Å². The fraction of sp³-hybridized carbons (Fsp3) is 0.455. The summed E-state index contributed by atoms with van der Waals surface area (Å²) in [5.41, 5.74) is 0. The molecule has 0 aliphatic heterocycles. The standard InChI is InChI=1S/C11H15NO4S/c1-3-4-7(11(14)15)12-10(13)9-8(16-2)5-6-17-9/h5-7H,3-4H2,1-2H3,(H,12,13)(H,14,15)/t7-/m0/s1. The van der Waals surface area contributed by atoms with Gasteiger partial charge in [-0.1, -0.05) is 13.3 Å². The van der Waals surface area contributed by atoms with E-state index in [2.05, 4.69) is 5.32 Å². The molecule has 2 N–H and O–H groups in total. The summed E-state index contributed by atoms with van der Waals surface area (Å²) in [6.07, 6.45) is 1.10. The number of hydrogen-bond acceptors (Lipinski definition) is 4. The number of carboxylic acid groups (broad SMARTS) is 1. The van der Waals surface area contributed by atoms with Gasteiger partial charge in [0, 0.05) is 0 Å². The maximum absolute atomic E-state index is 11.8. The first-order valence-electron chi connectivity index (χ1n) is 5.25. The second-order valence-corrected chi connectivity index (χ2v) is 4.39. The van der Waals surface area contributed by atoms with Gasteiger partial charge < -0.3 is 15.2 Å². The van der Waals surface area contributed by atoms with Crippen molar-refractivity contribution in [2.45, 2.75) is 25.8 Å². The van der Waals surface area contributed by atoms with Crippen LogP contribution >= 0.6 is 11.3 Å². The molecule has 0 radical (unpaired) electrons. The summed E-state index contributed by atoms with van der Waals surface area (Å²) in [4.78, 5) is 23.1. The normalized spacial score (nSPS) is 11.9. The Kier molecular flexibility index (Phi) is 4.96. The van der Waals surface area contributed by atoms with Gasteiger partial charge in [0.1, 0.15) is 16.7 Å². The molecule has 0 unspecified atom stereocenters. The Morgan fingerprint density at radius 3 is 2.82 bits per heavy atom. The predicted molar refractivity (Wildman–Crippen MR) is 64.7 cm³/mol. The van der Waals surface area contributed by atoms with Crippen LogP contribution in [-0.2, 0) is 4.79 Å². The van der Waals surface area contributed by atoms with Crippen LogP contribution in [-0.4, -0.2) is 30.1 Å². The lowest BCUT2D eigenvalue weighted by Crippen LogP contribution is -2.40. The van der Waals surface area contributed by atoms with Gasteiger partial charge >= 0.3 is 5.97 Å². The van der Waals surface area contributed by atoms with E-state index in [1.54, 1.807) is 11.4 Å². The maximum Gasteiger partial charge on any atom is 0.326 e. The number of nitrogens with one attached hydrogen (secondary N) is 1. The molecule has 0 fully saturated rings. The van der Waals surface area contributed by atoms with E-state index < -0.39 is 17.9 Å². The Morgan fingerprint density at radius 1 is 1.59 bits per heavy atom. The summed E-state index contributed by atoms with van der Waals surface area (Å²) in [5, 5.41) is 13.1. The van der Waals surface area contributed by atoms with Gasteiger partial charge in [-0.15, -0.1) is 11.3 Å². The van der Waals surface area contributed by atoms with Crippen LogP contribution < -0.4 is 10.1 Å². The molecule has 0 aliphatic rings. The highest BCUT2D eigenvalue weighted by atomic mass is 32.1. The molecule has 0 aliphatic carbocycles. The second kappa shape index (κ2) is 6.24. The van der Waals surface area contributed by atoms with E-state index in [4.69, 9.17) is 9.84 Å². The van der Waals surface area contributed by atoms with Crippen molar-refractivity contribution in [3.05, 3.63) is 16.3 Å². The molecule has 1 rings (SSSR count). The summed E-state index contributed by atoms with van der Waals surface area (Å²) < 4.78 is 5.01. The van der Waals surface area contributed by atoms with E-state index in [9.17, 15) is 9.59 Å². The minimum absolute atomic E-state index is 0.398. The van der Waals surface area contributed by atoms with Crippen molar-refractivity contribution in [1.82, 2.24) is 5.32 Å². The lowest BCUT2D eigenvalue weighted by molar-refractivity contribution is -0.139. The number of carbonyl (C=O) groups is 2. The van der Waals surface area contributed by atoms with Crippen molar-refractivity contribution in [2.75, 3.05) is 7.11 Å². The predicted octanol–water partition coefficient (Wildman–Crippen LogP) is 1.74. The molecule has 0 saturated carbocycles. The molecule has 5 nitrogen and oxygen atoms in total. The highest BCUT2D eigenvalue weighted by molar-refractivity contribution is 7.12. The Labute approximate surface area is 103 Å². The topological polar surface area (TPSA) is 75.6 Å². The molecule has 0 aromatic carbocycles. The summed E-state index contributed by atoms with van der Waals surface area (Å²) in [5.74, 6) is -0.957. The monoisotopic (exact) mass is 257 g/mol. The van der Waals surface area contributed by atoms with Crippen LogP contribution in [0.2, 0.25) is 0 Å². The molecule has 6 heteroatoms. The van der Waals surface area contributed by atoms with Crippen molar-refractivity contribution >= 4 is 23.2 Å². The number of ether oxygens (including phenoxy) is 1. The zero-order chi connectivity index (χ0) is 12.8. The fourth-order valence-electron chi connectivity index (χ4n) is 1.39. The smallest absolute Gasteiger partial charge is 0.326 e. The van der Waals surface area contributed by atoms with Crippen molar-refractivity contribution in [2.24, 2.45) is 0 Å². The van der Waals surface area contributed by atoms with Crippen molar-refractivity contribution < 1.29 is 19.4 Å². The Hall–Kier alpha value is -1.56. The molecule has 1 atom stereocenters.